The topological polar surface area (TPSA) is 134 Å². The van der Waals surface area contributed by atoms with E-state index in [0.717, 1.165) is 5.56 Å². The molecule has 0 aromatic heterocycles. The van der Waals surface area contributed by atoms with Crippen molar-refractivity contribution in [1.82, 2.24) is 15.5 Å². The average Bonchev–Trinajstić information content (AvgIpc) is 3.64. The fourth-order valence-electron chi connectivity index (χ4n) is 5.08. The van der Waals surface area contributed by atoms with E-state index in [2.05, 4.69) is 10.6 Å². The molecule has 0 bridgehead atoms. The predicted octanol–water partition coefficient (Wildman–Crippen LogP) is 5.29. The molecule has 3 rings (SSSR count). The Morgan fingerprint density at radius 2 is 1.44 bits per heavy atom. The SMILES string of the molecule is CC(C)C(NC(=O)OC(C)(C)C)C(=O)N(C(C(=O)NC(Cc1ccccc1)C(=O)OC(C)(C)C)c1ccccc1O)C1CC1C. The van der Waals surface area contributed by atoms with Crippen molar-refractivity contribution in [2.75, 3.05) is 0 Å². The summed E-state index contributed by atoms with van der Waals surface area (Å²) in [5, 5.41) is 16.5. The summed E-state index contributed by atoms with van der Waals surface area (Å²) in [6.45, 7) is 16.0. The number of rotatable bonds is 11. The van der Waals surface area contributed by atoms with Crippen molar-refractivity contribution >= 4 is 23.9 Å². The molecule has 1 aliphatic rings. The van der Waals surface area contributed by atoms with Gasteiger partial charge in [0.2, 0.25) is 11.8 Å². The average molecular weight is 624 g/mol. The third-order valence-corrected chi connectivity index (χ3v) is 7.33. The van der Waals surface area contributed by atoms with Crippen molar-refractivity contribution in [1.29, 1.82) is 0 Å². The van der Waals surface area contributed by atoms with E-state index in [1.165, 1.54) is 11.0 Å². The summed E-state index contributed by atoms with van der Waals surface area (Å²) in [6.07, 6.45) is 0.0204. The highest BCUT2D eigenvalue weighted by Crippen LogP contribution is 2.42. The predicted molar refractivity (Wildman–Crippen MR) is 171 cm³/mol. The number of carbonyl (C=O) groups excluding carboxylic acids is 4. The van der Waals surface area contributed by atoms with E-state index >= 15 is 0 Å². The van der Waals surface area contributed by atoms with Crippen molar-refractivity contribution in [3.8, 4) is 5.75 Å². The zero-order valence-corrected chi connectivity index (χ0v) is 27.9. The van der Waals surface area contributed by atoms with E-state index in [1.807, 2.05) is 37.3 Å². The van der Waals surface area contributed by atoms with Crippen LogP contribution >= 0.6 is 0 Å². The number of nitrogens with one attached hydrogen (secondary N) is 2. The van der Waals surface area contributed by atoms with Crippen LogP contribution in [0.15, 0.2) is 54.6 Å². The van der Waals surface area contributed by atoms with Crippen LogP contribution in [0.2, 0.25) is 0 Å². The number of para-hydroxylation sites is 1. The number of esters is 1. The number of hydrogen-bond donors (Lipinski definition) is 3. The summed E-state index contributed by atoms with van der Waals surface area (Å²) < 4.78 is 11.1. The van der Waals surface area contributed by atoms with Crippen molar-refractivity contribution in [3.63, 3.8) is 0 Å². The zero-order valence-electron chi connectivity index (χ0n) is 27.9. The maximum atomic E-state index is 14.4. The molecule has 0 radical (unpaired) electrons. The van der Waals surface area contributed by atoms with Gasteiger partial charge in [0, 0.05) is 18.0 Å². The lowest BCUT2D eigenvalue weighted by molar-refractivity contribution is -0.159. The van der Waals surface area contributed by atoms with E-state index < -0.39 is 53.2 Å². The Morgan fingerprint density at radius 1 is 0.889 bits per heavy atom. The number of benzene rings is 2. The van der Waals surface area contributed by atoms with Gasteiger partial charge in [0.05, 0.1) is 0 Å². The van der Waals surface area contributed by atoms with Gasteiger partial charge in [0.25, 0.3) is 0 Å². The standard InChI is InChI=1S/C35H49N3O7/c1-21(2)28(37-33(43)45-35(7,8)9)31(41)38(26-19-22(26)3)29(24-17-13-14-18-27(24)39)30(40)36-25(32(42)44-34(4,5)6)20-23-15-11-10-12-16-23/h10-18,21-22,25-26,28-29,39H,19-20H2,1-9H3,(H,36,40)(H,37,43). The Morgan fingerprint density at radius 3 is 1.96 bits per heavy atom. The Labute approximate surface area is 266 Å². The molecule has 3 N–H and O–H groups in total. The first-order chi connectivity index (χ1) is 20.9. The van der Waals surface area contributed by atoms with E-state index in [1.54, 1.807) is 73.6 Å². The minimum atomic E-state index is -1.31. The Balaban J connectivity index is 2.06. The number of amides is 3. The number of ether oxygens (including phenoxy) is 2. The molecule has 45 heavy (non-hydrogen) atoms. The van der Waals surface area contributed by atoms with Gasteiger partial charge in [0.1, 0.15) is 35.1 Å². The van der Waals surface area contributed by atoms with Crippen LogP contribution in [0.1, 0.15) is 85.9 Å². The van der Waals surface area contributed by atoms with Crippen LogP contribution < -0.4 is 10.6 Å². The van der Waals surface area contributed by atoms with Crippen molar-refractivity contribution in [2.45, 2.75) is 111 Å². The Hall–Kier alpha value is -4.08. The molecule has 5 atom stereocenters. The summed E-state index contributed by atoms with van der Waals surface area (Å²) >= 11 is 0. The van der Waals surface area contributed by atoms with Crippen LogP contribution in [0.25, 0.3) is 0 Å². The second-order valence-corrected chi connectivity index (χ2v) is 14.1. The highest BCUT2D eigenvalue weighted by atomic mass is 16.6. The van der Waals surface area contributed by atoms with Crippen LogP contribution in [-0.2, 0) is 30.3 Å². The van der Waals surface area contributed by atoms with Gasteiger partial charge in [-0.05, 0) is 71.4 Å². The minimum absolute atomic E-state index is 0.0652. The molecule has 10 nitrogen and oxygen atoms in total. The van der Waals surface area contributed by atoms with Crippen LogP contribution in [0.4, 0.5) is 4.79 Å². The normalized spacial score (nSPS) is 18.3. The molecule has 0 saturated heterocycles. The molecule has 10 heteroatoms. The van der Waals surface area contributed by atoms with Gasteiger partial charge in [0.15, 0.2) is 0 Å². The van der Waals surface area contributed by atoms with Gasteiger partial charge in [-0.1, -0.05) is 69.3 Å². The third kappa shape index (κ3) is 10.2. The second-order valence-electron chi connectivity index (χ2n) is 14.1. The molecule has 246 valence electrons. The number of hydrogen-bond acceptors (Lipinski definition) is 7. The van der Waals surface area contributed by atoms with Crippen molar-refractivity contribution in [2.24, 2.45) is 11.8 Å². The summed E-state index contributed by atoms with van der Waals surface area (Å²) in [5.41, 5.74) is -0.590. The zero-order chi connectivity index (χ0) is 33.7. The summed E-state index contributed by atoms with van der Waals surface area (Å²) in [5.74, 6) is -2.25. The lowest BCUT2D eigenvalue weighted by atomic mass is 9.97. The molecule has 1 saturated carbocycles. The molecule has 1 fully saturated rings. The van der Waals surface area contributed by atoms with Crippen LogP contribution in [0.5, 0.6) is 5.75 Å². The van der Waals surface area contributed by atoms with Crippen LogP contribution in [0.3, 0.4) is 0 Å². The molecular weight excluding hydrogens is 574 g/mol. The molecule has 3 amide bonds. The quantitative estimate of drug-likeness (QED) is 0.290. The number of nitrogens with zero attached hydrogens (tertiary/aromatic N) is 1. The molecule has 1 aliphatic carbocycles. The van der Waals surface area contributed by atoms with Gasteiger partial charge in [-0.25, -0.2) is 9.59 Å². The van der Waals surface area contributed by atoms with Gasteiger partial charge in [-0.15, -0.1) is 0 Å². The smallest absolute Gasteiger partial charge is 0.408 e. The fourth-order valence-corrected chi connectivity index (χ4v) is 5.08. The first-order valence-electron chi connectivity index (χ1n) is 15.5. The van der Waals surface area contributed by atoms with Gasteiger partial charge >= 0.3 is 12.1 Å². The second kappa shape index (κ2) is 14.3. The number of carbonyl (C=O) groups is 4. The van der Waals surface area contributed by atoms with Crippen molar-refractivity contribution < 1.29 is 33.8 Å². The van der Waals surface area contributed by atoms with E-state index in [0.29, 0.717) is 6.42 Å². The Bertz CT molecular complexity index is 1350. The lowest BCUT2D eigenvalue weighted by Crippen LogP contribution is -2.57. The molecule has 0 spiro atoms. The number of phenolic OH excluding ortho intramolecular Hbond substituents is 1. The molecule has 5 unspecified atom stereocenters. The third-order valence-electron chi connectivity index (χ3n) is 7.33. The molecule has 2 aromatic carbocycles. The largest absolute Gasteiger partial charge is 0.508 e. The number of aromatic hydroxyl groups is 1. The van der Waals surface area contributed by atoms with Crippen LogP contribution in [0, 0.1) is 11.8 Å². The first kappa shape index (κ1) is 35.4. The Kier molecular flexibility index (Phi) is 11.3. The first-order valence-corrected chi connectivity index (χ1v) is 15.5. The van der Waals surface area contributed by atoms with Crippen molar-refractivity contribution in [3.05, 3.63) is 65.7 Å². The van der Waals surface area contributed by atoms with Gasteiger partial charge in [-0.2, -0.15) is 0 Å². The summed E-state index contributed by atoms with van der Waals surface area (Å²) in [7, 11) is 0. The van der Waals surface area contributed by atoms with Gasteiger partial charge < -0.3 is 30.1 Å². The van der Waals surface area contributed by atoms with E-state index in [9.17, 15) is 24.3 Å². The highest BCUT2D eigenvalue weighted by molar-refractivity contribution is 5.94. The summed E-state index contributed by atoms with van der Waals surface area (Å²) in [4.78, 5) is 56.6. The molecule has 0 aliphatic heterocycles. The highest BCUT2D eigenvalue weighted by Gasteiger charge is 2.49. The maximum Gasteiger partial charge on any atom is 0.408 e. The monoisotopic (exact) mass is 623 g/mol. The maximum absolute atomic E-state index is 14.4. The number of alkyl carbamates (subject to hydrolysis) is 1. The molecular formula is C35H49N3O7. The van der Waals surface area contributed by atoms with E-state index in [4.69, 9.17) is 9.47 Å². The minimum Gasteiger partial charge on any atom is -0.508 e. The van der Waals surface area contributed by atoms with E-state index in [-0.39, 0.29) is 35.6 Å². The lowest BCUT2D eigenvalue weighted by Gasteiger charge is -2.37. The molecule has 2 aromatic rings. The van der Waals surface area contributed by atoms with Gasteiger partial charge in [-0.3, -0.25) is 9.59 Å². The fraction of sp³-hybridized carbons (Fsp3) is 0.543. The van der Waals surface area contributed by atoms with Crippen LogP contribution in [-0.4, -0.2) is 63.2 Å². The summed E-state index contributed by atoms with van der Waals surface area (Å²) in [6, 6.07) is 11.8. The number of phenols is 1. The molecule has 0 heterocycles.